The summed E-state index contributed by atoms with van der Waals surface area (Å²) in [6, 6.07) is 25.2. The lowest BCUT2D eigenvalue weighted by Crippen LogP contribution is -1.89. The van der Waals surface area contributed by atoms with Crippen molar-refractivity contribution in [2.24, 2.45) is 0 Å². The molecule has 0 bridgehead atoms. The predicted octanol–water partition coefficient (Wildman–Crippen LogP) is 6.94. The molecule has 0 spiro atoms. The van der Waals surface area contributed by atoms with Gasteiger partial charge in [-0.25, -0.2) is 0 Å². The number of aromatic nitrogens is 1. The van der Waals surface area contributed by atoms with Crippen LogP contribution in [0.1, 0.15) is 16.7 Å². The van der Waals surface area contributed by atoms with E-state index in [1.165, 1.54) is 16.5 Å². The van der Waals surface area contributed by atoms with E-state index in [1.807, 2.05) is 36.7 Å². The zero-order chi connectivity index (χ0) is 18.6. The Labute approximate surface area is 160 Å². The number of rotatable bonds is 4. The molecule has 0 amide bonds. The summed E-state index contributed by atoms with van der Waals surface area (Å²) in [6.45, 7) is 6.42. The zero-order valence-corrected chi connectivity index (χ0v) is 15.4. The van der Waals surface area contributed by atoms with Crippen LogP contribution >= 0.6 is 0 Å². The summed E-state index contributed by atoms with van der Waals surface area (Å²) in [4.78, 5) is 4.43. The van der Waals surface area contributed by atoms with E-state index in [0.29, 0.717) is 0 Å². The van der Waals surface area contributed by atoms with Crippen LogP contribution in [0, 0.1) is 6.92 Å². The van der Waals surface area contributed by atoms with Gasteiger partial charge in [-0.2, -0.15) is 0 Å². The standard InChI is InChI=1S/C26H21N/c1-19(12-14-21-8-4-3-5-9-21)25-16-22(15-13-20(25)2)26-18-27-17-23-10-6-7-11-24(23)26/h3-18H,1H2,2H3/b14-12+. The molecular weight excluding hydrogens is 326 g/mol. The lowest BCUT2D eigenvalue weighted by molar-refractivity contribution is 1.36. The Morgan fingerprint density at radius 3 is 2.52 bits per heavy atom. The first-order chi connectivity index (χ1) is 13.2. The molecule has 1 heteroatoms. The van der Waals surface area contributed by atoms with Crippen LogP contribution in [-0.2, 0) is 0 Å². The van der Waals surface area contributed by atoms with E-state index in [2.05, 4.69) is 79.2 Å². The lowest BCUT2D eigenvalue weighted by Gasteiger charge is -2.11. The van der Waals surface area contributed by atoms with Crippen molar-refractivity contribution in [3.63, 3.8) is 0 Å². The third-order valence-corrected chi connectivity index (χ3v) is 4.84. The number of hydrogen-bond donors (Lipinski definition) is 0. The molecule has 0 unspecified atom stereocenters. The largest absolute Gasteiger partial charge is 0.263 e. The molecule has 1 heterocycles. The van der Waals surface area contributed by atoms with Crippen molar-refractivity contribution in [3.05, 3.63) is 115 Å². The number of pyridine rings is 1. The lowest BCUT2D eigenvalue weighted by atomic mass is 9.94. The Kier molecular flexibility index (Phi) is 4.67. The highest BCUT2D eigenvalue weighted by Gasteiger charge is 2.08. The molecule has 4 rings (SSSR count). The molecule has 0 radical (unpaired) electrons. The van der Waals surface area contributed by atoms with Gasteiger partial charge in [-0.05, 0) is 46.2 Å². The van der Waals surface area contributed by atoms with Gasteiger partial charge in [0.25, 0.3) is 0 Å². The van der Waals surface area contributed by atoms with E-state index in [9.17, 15) is 0 Å². The number of allylic oxidation sites excluding steroid dienone is 2. The summed E-state index contributed by atoms with van der Waals surface area (Å²) in [5.41, 5.74) is 6.86. The summed E-state index contributed by atoms with van der Waals surface area (Å²) < 4.78 is 0. The monoisotopic (exact) mass is 347 g/mol. The molecule has 27 heavy (non-hydrogen) atoms. The minimum atomic E-state index is 1.01. The maximum atomic E-state index is 4.43. The molecular formula is C26H21N. The normalized spacial score (nSPS) is 11.1. The van der Waals surface area contributed by atoms with Gasteiger partial charge in [0, 0.05) is 23.3 Å². The van der Waals surface area contributed by atoms with Crippen molar-refractivity contribution in [1.82, 2.24) is 4.98 Å². The van der Waals surface area contributed by atoms with Gasteiger partial charge in [0.1, 0.15) is 0 Å². The van der Waals surface area contributed by atoms with Crippen LogP contribution in [0.2, 0.25) is 0 Å². The average Bonchev–Trinajstić information content (AvgIpc) is 2.73. The molecule has 130 valence electrons. The molecule has 0 aliphatic heterocycles. The van der Waals surface area contributed by atoms with Crippen LogP contribution in [0.25, 0.3) is 33.5 Å². The fraction of sp³-hybridized carbons (Fsp3) is 0.0385. The summed E-state index contributed by atoms with van der Waals surface area (Å²) in [7, 11) is 0. The molecule has 0 fully saturated rings. The Balaban J connectivity index is 1.73. The van der Waals surface area contributed by atoms with Crippen LogP contribution in [-0.4, -0.2) is 4.98 Å². The van der Waals surface area contributed by atoms with E-state index in [0.717, 1.165) is 27.6 Å². The van der Waals surface area contributed by atoms with E-state index < -0.39 is 0 Å². The summed E-state index contributed by atoms with van der Waals surface area (Å²) in [6.07, 6.45) is 8.05. The molecule has 3 aromatic carbocycles. The second kappa shape index (κ2) is 7.43. The maximum Gasteiger partial charge on any atom is 0.0352 e. The molecule has 0 aliphatic carbocycles. The van der Waals surface area contributed by atoms with Crippen LogP contribution in [0.4, 0.5) is 0 Å². The number of fused-ring (bicyclic) bond motifs is 1. The van der Waals surface area contributed by atoms with Crippen molar-refractivity contribution in [1.29, 1.82) is 0 Å². The minimum Gasteiger partial charge on any atom is -0.263 e. The Bertz CT molecular complexity index is 1130. The predicted molar refractivity (Wildman–Crippen MR) is 116 cm³/mol. The van der Waals surface area contributed by atoms with Gasteiger partial charge in [-0.1, -0.05) is 85.5 Å². The molecule has 0 aliphatic rings. The zero-order valence-electron chi connectivity index (χ0n) is 15.4. The second-order valence-corrected chi connectivity index (χ2v) is 6.71. The first-order valence-corrected chi connectivity index (χ1v) is 9.08. The summed E-state index contributed by atoms with van der Waals surface area (Å²) in [5.74, 6) is 0. The first kappa shape index (κ1) is 17.0. The van der Waals surface area contributed by atoms with Gasteiger partial charge >= 0.3 is 0 Å². The molecule has 4 aromatic rings. The van der Waals surface area contributed by atoms with Crippen LogP contribution < -0.4 is 0 Å². The smallest absolute Gasteiger partial charge is 0.0352 e. The third-order valence-electron chi connectivity index (χ3n) is 4.84. The quantitative estimate of drug-likeness (QED) is 0.364. The average molecular weight is 347 g/mol. The van der Waals surface area contributed by atoms with Crippen LogP contribution in [0.5, 0.6) is 0 Å². The highest BCUT2D eigenvalue weighted by atomic mass is 14.6. The van der Waals surface area contributed by atoms with Crippen LogP contribution in [0.15, 0.2) is 97.8 Å². The SMILES string of the molecule is C=C(/C=C/c1ccccc1)c1cc(-c2cncc3ccccc23)ccc1C. The van der Waals surface area contributed by atoms with Gasteiger partial charge < -0.3 is 0 Å². The summed E-state index contributed by atoms with van der Waals surface area (Å²) >= 11 is 0. The topological polar surface area (TPSA) is 12.9 Å². The first-order valence-electron chi connectivity index (χ1n) is 9.08. The van der Waals surface area contributed by atoms with Gasteiger partial charge in [0.15, 0.2) is 0 Å². The Hall–Kier alpha value is -3.45. The molecule has 1 nitrogen and oxygen atoms in total. The molecule has 0 atom stereocenters. The minimum absolute atomic E-state index is 1.01. The van der Waals surface area contributed by atoms with Crippen molar-refractivity contribution in [2.75, 3.05) is 0 Å². The third kappa shape index (κ3) is 3.58. The molecule has 0 saturated heterocycles. The highest BCUT2D eigenvalue weighted by molar-refractivity contribution is 5.96. The van der Waals surface area contributed by atoms with Crippen molar-refractivity contribution >= 4 is 22.4 Å². The van der Waals surface area contributed by atoms with E-state index in [4.69, 9.17) is 0 Å². The fourth-order valence-corrected chi connectivity index (χ4v) is 3.33. The van der Waals surface area contributed by atoms with Crippen molar-refractivity contribution in [3.8, 4) is 11.1 Å². The van der Waals surface area contributed by atoms with Gasteiger partial charge in [-0.3, -0.25) is 4.98 Å². The fourth-order valence-electron chi connectivity index (χ4n) is 3.33. The number of aryl methyl sites for hydroxylation is 1. The van der Waals surface area contributed by atoms with Gasteiger partial charge in [0.2, 0.25) is 0 Å². The molecule has 1 aromatic heterocycles. The number of hydrogen-bond acceptors (Lipinski definition) is 1. The van der Waals surface area contributed by atoms with E-state index in [-0.39, 0.29) is 0 Å². The molecule has 0 saturated carbocycles. The highest BCUT2D eigenvalue weighted by Crippen LogP contribution is 2.31. The van der Waals surface area contributed by atoms with Gasteiger partial charge in [-0.15, -0.1) is 0 Å². The number of benzene rings is 3. The Morgan fingerprint density at radius 1 is 0.889 bits per heavy atom. The van der Waals surface area contributed by atoms with E-state index >= 15 is 0 Å². The van der Waals surface area contributed by atoms with Crippen molar-refractivity contribution < 1.29 is 0 Å². The number of nitrogens with zero attached hydrogens (tertiary/aromatic N) is 1. The van der Waals surface area contributed by atoms with Gasteiger partial charge in [0.05, 0.1) is 0 Å². The summed E-state index contributed by atoms with van der Waals surface area (Å²) in [5, 5.41) is 2.37. The van der Waals surface area contributed by atoms with Crippen molar-refractivity contribution in [2.45, 2.75) is 6.92 Å². The maximum absolute atomic E-state index is 4.43. The Morgan fingerprint density at radius 2 is 1.67 bits per heavy atom. The van der Waals surface area contributed by atoms with E-state index in [1.54, 1.807) is 0 Å². The van der Waals surface area contributed by atoms with Crippen LogP contribution in [0.3, 0.4) is 0 Å². The second-order valence-electron chi connectivity index (χ2n) is 6.71. The molecule has 0 N–H and O–H groups in total.